The zero-order valence-corrected chi connectivity index (χ0v) is 32.5. The highest BCUT2D eigenvalue weighted by Crippen LogP contribution is 2.69. The molecule has 8 rings (SSSR count). The van der Waals surface area contributed by atoms with Gasteiger partial charge in [-0.3, -0.25) is 0 Å². The minimum Gasteiger partial charge on any atom is -0.0599 e. The SMILES string of the molecule is CC(C)(C)C1CC12CCCC2.CC(C)(C)C1CC2(CCC2)C1.CC(C)(C)C1CCC12CCC2.CC(C)(C)C1CCC2(CC2)C1. The standard InChI is InChI=1S/4C11H20/c1-10(2,3)9-5-8-11(9)6-4-7-11;1-10(2,3)9-4-5-11(8-9)6-7-11;1-10(2,3)9-7-11(8-9)5-4-6-11;1-10(2,3)9-8-11(9)6-4-5-7-11/h4*9H,4-8H2,1-3H3. The lowest BCUT2D eigenvalue weighted by atomic mass is 9.44. The van der Waals surface area contributed by atoms with Crippen molar-refractivity contribution in [3.05, 3.63) is 0 Å². The maximum atomic E-state index is 2.41. The van der Waals surface area contributed by atoms with E-state index in [1.807, 2.05) is 0 Å². The molecule has 8 saturated carbocycles. The Balaban J connectivity index is 0.000000116. The molecule has 0 amide bonds. The fourth-order valence-electron chi connectivity index (χ4n) is 11.7. The van der Waals surface area contributed by atoms with E-state index in [2.05, 4.69) is 83.1 Å². The van der Waals surface area contributed by atoms with Crippen molar-refractivity contribution < 1.29 is 0 Å². The van der Waals surface area contributed by atoms with E-state index in [9.17, 15) is 0 Å². The highest BCUT2D eigenvalue weighted by atomic mass is 14.6. The molecule has 44 heavy (non-hydrogen) atoms. The number of rotatable bonds is 0. The molecule has 3 unspecified atom stereocenters. The van der Waals surface area contributed by atoms with Crippen molar-refractivity contribution in [2.45, 2.75) is 212 Å². The van der Waals surface area contributed by atoms with Crippen LogP contribution in [0.5, 0.6) is 0 Å². The Morgan fingerprint density at radius 2 is 0.818 bits per heavy atom. The molecule has 8 aliphatic carbocycles. The average Bonchev–Trinajstić information content (AvgIpc) is 3.52. The molecule has 0 N–H and O–H groups in total. The first kappa shape index (κ1) is 35.3. The van der Waals surface area contributed by atoms with Crippen LogP contribution in [0.4, 0.5) is 0 Å². The van der Waals surface area contributed by atoms with Crippen molar-refractivity contribution in [3.8, 4) is 0 Å². The molecular weight excluding hydrogens is 528 g/mol. The summed E-state index contributed by atoms with van der Waals surface area (Å²) in [7, 11) is 0. The fourth-order valence-corrected chi connectivity index (χ4v) is 11.7. The molecule has 0 saturated heterocycles. The topological polar surface area (TPSA) is 0 Å². The summed E-state index contributed by atoms with van der Waals surface area (Å²) in [5.41, 5.74) is 5.77. The molecule has 0 aliphatic heterocycles. The van der Waals surface area contributed by atoms with Gasteiger partial charge in [-0.15, -0.1) is 0 Å². The second-order valence-corrected chi connectivity index (χ2v) is 23.0. The summed E-state index contributed by atoms with van der Waals surface area (Å²) < 4.78 is 0. The molecule has 0 aromatic heterocycles. The third kappa shape index (κ3) is 7.66. The van der Waals surface area contributed by atoms with E-state index in [1.54, 1.807) is 25.7 Å². The molecule has 0 aromatic rings. The van der Waals surface area contributed by atoms with Crippen LogP contribution in [-0.4, -0.2) is 0 Å². The number of hydrogen-bond donors (Lipinski definition) is 0. The molecule has 0 bridgehead atoms. The van der Waals surface area contributed by atoms with Crippen LogP contribution in [-0.2, 0) is 0 Å². The largest absolute Gasteiger partial charge is 0.0599 e. The predicted octanol–water partition coefficient (Wildman–Crippen LogP) is 14.5. The Bertz CT molecular complexity index is 920. The van der Waals surface area contributed by atoms with Crippen molar-refractivity contribution in [2.24, 2.45) is 67.0 Å². The van der Waals surface area contributed by atoms with Gasteiger partial charge in [-0.2, -0.15) is 0 Å². The third-order valence-electron chi connectivity index (χ3n) is 15.8. The van der Waals surface area contributed by atoms with E-state index in [1.165, 1.54) is 103 Å². The Labute approximate surface area is 277 Å². The Morgan fingerprint density at radius 3 is 1.07 bits per heavy atom. The molecule has 8 aliphatic rings. The van der Waals surface area contributed by atoms with Gasteiger partial charge in [-0.05, 0) is 170 Å². The smallest absolute Gasteiger partial charge is 0.0261 e. The van der Waals surface area contributed by atoms with Crippen molar-refractivity contribution in [1.29, 1.82) is 0 Å². The first-order valence-electron chi connectivity index (χ1n) is 20.1. The molecule has 4 spiro atoms. The van der Waals surface area contributed by atoms with Gasteiger partial charge in [0.1, 0.15) is 0 Å². The van der Waals surface area contributed by atoms with E-state index in [-0.39, 0.29) is 0 Å². The summed E-state index contributed by atoms with van der Waals surface area (Å²) in [6.45, 7) is 28.8. The quantitative estimate of drug-likeness (QED) is 0.257. The molecule has 3 atom stereocenters. The van der Waals surface area contributed by atoms with Crippen molar-refractivity contribution in [3.63, 3.8) is 0 Å². The van der Waals surface area contributed by atoms with Gasteiger partial charge in [-0.25, -0.2) is 0 Å². The highest BCUT2D eigenvalue weighted by Gasteiger charge is 2.59. The van der Waals surface area contributed by atoms with E-state index >= 15 is 0 Å². The molecule has 256 valence electrons. The molecule has 8 fully saturated rings. The van der Waals surface area contributed by atoms with E-state index in [4.69, 9.17) is 0 Å². The van der Waals surface area contributed by atoms with Gasteiger partial charge >= 0.3 is 0 Å². The van der Waals surface area contributed by atoms with Gasteiger partial charge in [0.25, 0.3) is 0 Å². The van der Waals surface area contributed by atoms with Gasteiger partial charge in [0.05, 0.1) is 0 Å². The van der Waals surface area contributed by atoms with Crippen molar-refractivity contribution in [2.75, 3.05) is 0 Å². The Morgan fingerprint density at radius 1 is 0.341 bits per heavy atom. The molecule has 0 heteroatoms. The van der Waals surface area contributed by atoms with Crippen LogP contribution in [0.3, 0.4) is 0 Å². The minimum atomic E-state index is 0.575. The van der Waals surface area contributed by atoms with Gasteiger partial charge in [-0.1, -0.05) is 109 Å². The zero-order valence-electron chi connectivity index (χ0n) is 32.5. The van der Waals surface area contributed by atoms with Crippen LogP contribution in [0, 0.1) is 67.0 Å². The average molecular weight is 609 g/mol. The van der Waals surface area contributed by atoms with E-state index < -0.39 is 0 Å². The lowest BCUT2D eigenvalue weighted by molar-refractivity contribution is -0.104. The number of hydrogen-bond acceptors (Lipinski definition) is 0. The van der Waals surface area contributed by atoms with Crippen LogP contribution in [0.15, 0.2) is 0 Å². The fraction of sp³-hybridized carbons (Fsp3) is 1.00. The zero-order chi connectivity index (χ0) is 32.5. The lowest BCUT2D eigenvalue weighted by Gasteiger charge is -2.61. The van der Waals surface area contributed by atoms with Gasteiger partial charge < -0.3 is 0 Å². The van der Waals surface area contributed by atoms with Gasteiger partial charge in [0.15, 0.2) is 0 Å². The van der Waals surface area contributed by atoms with Crippen LogP contribution >= 0.6 is 0 Å². The Hall–Kier alpha value is 0. The third-order valence-corrected chi connectivity index (χ3v) is 15.8. The van der Waals surface area contributed by atoms with Crippen LogP contribution in [0.2, 0.25) is 0 Å². The van der Waals surface area contributed by atoms with Gasteiger partial charge in [0.2, 0.25) is 0 Å². The maximum absolute atomic E-state index is 2.41. The predicted molar refractivity (Wildman–Crippen MR) is 194 cm³/mol. The first-order chi connectivity index (χ1) is 20.1. The Kier molecular flexibility index (Phi) is 9.51. The maximum Gasteiger partial charge on any atom is -0.0261 e. The summed E-state index contributed by atoms with van der Waals surface area (Å²) in [5, 5.41) is 0. The van der Waals surface area contributed by atoms with Crippen molar-refractivity contribution in [1.82, 2.24) is 0 Å². The van der Waals surface area contributed by atoms with Crippen LogP contribution in [0.1, 0.15) is 212 Å². The summed E-state index contributed by atoms with van der Waals surface area (Å²) in [4.78, 5) is 0. The second kappa shape index (κ2) is 11.9. The van der Waals surface area contributed by atoms with E-state index in [0.717, 1.165) is 45.3 Å². The monoisotopic (exact) mass is 609 g/mol. The lowest BCUT2D eigenvalue weighted by Crippen LogP contribution is -2.51. The molecule has 0 heterocycles. The molecule has 0 radical (unpaired) electrons. The molecule has 0 nitrogen and oxygen atoms in total. The molecular formula is C44H80. The minimum absolute atomic E-state index is 0.575. The first-order valence-corrected chi connectivity index (χ1v) is 20.1. The summed E-state index contributed by atoms with van der Waals surface area (Å²) in [6, 6.07) is 0. The highest BCUT2D eigenvalue weighted by molar-refractivity contribution is 5.09. The van der Waals surface area contributed by atoms with Crippen LogP contribution < -0.4 is 0 Å². The summed E-state index contributed by atoms with van der Waals surface area (Å²) >= 11 is 0. The second-order valence-electron chi connectivity index (χ2n) is 23.0. The van der Waals surface area contributed by atoms with Crippen LogP contribution in [0.25, 0.3) is 0 Å². The summed E-state index contributed by atoms with van der Waals surface area (Å²) in [5.74, 6) is 4.15. The normalized spacial score (nSPS) is 33.4. The molecule has 0 aromatic carbocycles. The van der Waals surface area contributed by atoms with Gasteiger partial charge in [0, 0.05) is 0 Å². The van der Waals surface area contributed by atoms with E-state index in [0.29, 0.717) is 21.7 Å². The van der Waals surface area contributed by atoms with Crippen molar-refractivity contribution >= 4 is 0 Å². The summed E-state index contributed by atoms with van der Waals surface area (Å²) in [6.07, 6.45) is 30.6.